The van der Waals surface area contributed by atoms with Crippen molar-refractivity contribution in [3.63, 3.8) is 0 Å². The predicted octanol–water partition coefficient (Wildman–Crippen LogP) is -0.709. The Morgan fingerprint density at radius 1 is 1.67 bits per heavy atom. The molecule has 1 aromatic rings. The van der Waals surface area contributed by atoms with Gasteiger partial charge in [0.1, 0.15) is 17.9 Å². The van der Waals surface area contributed by atoms with E-state index in [2.05, 4.69) is 14.3 Å². The molecule has 7 heteroatoms. The third-order valence-electron chi connectivity index (χ3n) is 1.36. The summed E-state index contributed by atoms with van der Waals surface area (Å²) in [6.07, 6.45) is 1.29. The number of aryl methyl sites for hydroxylation is 1. The molecule has 0 amide bonds. The fraction of sp³-hybridized carbons (Fsp3) is 0.600. The molecule has 0 N–H and O–H groups in total. The van der Waals surface area contributed by atoms with Crippen molar-refractivity contribution in [1.82, 2.24) is 14.8 Å². The summed E-state index contributed by atoms with van der Waals surface area (Å²) in [6.45, 7) is 0. The van der Waals surface area contributed by atoms with E-state index < -0.39 is 10.1 Å². The third-order valence-corrected chi connectivity index (χ3v) is 2.48. The summed E-state index contributed by atoms with van der Waals surface area (Å²) in [5.74, 6) is 0.108. The van der Waals surface area contributed by atoms with Crippen molar-refractivity contribution in [3.8, 4) is 0 Å². The van der Waals surface area contributed by atoms with Crippen LogP contribution < -0.4 is 0 Å². The molecule has 68 valence electrons. The minimum Gasteiger partial charge on any atom is -0.273 e. The maximum Gasteiger partial charge on any atom is 0.274 e. The molecule has 0 aromatic carbocycles. The van der Waals surface area contributed by atoms with E-state index in [4.69, 9.17) is 0 Å². The lowest BCUT2D eigenvalue weighted by molar-refractivity contribution is 0.395. The zero-order valence-electron chi connectivity index (χ0n) is 6.76. The molecule has 0 spiro atoms. The van der Waals surface area contributed by atoms with E-state index in [0.717, 1.165) is 7.11 Å². The number of rotatable bonds is 3. The summed E-state index contributed by atoms with van der Waals surface area (Å²) in [7, 11) is -0.753. The van der Waals surface area contributed by atoms with Gasteiger partial charge in [0, 0.05) is 7.05 Å². The second-order valence-corrected chi connectivity index (χ2v) is 3.91. The first kappa shape index (κ1) is 9.14. The van der Waals surface area contributed by atoms with E-state index in [1.807, 2.05) is 0 Å². The normalized spacial score (nSPS) is 11.8. The Balaban J connectivity index is 2.84. The molecular formula is C5H9N3O3S. The Bertz CT molecular complexity index is 356. The van der Waals surface area contributed by atoms with Crippen LogP contribution in [-0.4, -0.2) is 30.3 Å². The van der Waals surface area contributed by atoms with Crippen molar-refractivity contribution in [2.75, 3.05) is 7.11 Å². The van der Waals surface area contributed by atoms with Crippen LogP contribution in [0.1, 0.15) is 5.82 Å². The van der Waals surface area contributed by atoms with Crippen LogP contribution in [0.4, 0.5) is 0 Å². The van der Waals surface area contributed by atoms with Crippen LogP contribution in [0.25, 0.3) is 0 Å². The molecule has 0 radical (unpaired) electrons. The highest BCUT2D eigenvalue weighted by Gasteiger charge is 2.13. The molecule has 1 heterocycles. The summed E-state index contributed by atoms with van der Waals surface area (Å²) in [6, 6.07) is 0. The first-order valence-corrected chi connectivity index (χ1v) is 4.74. The summed E-state index contributed by atoms with van der Waals surface area (Å²) >= 11 is 0. The standard InChI is InChI=1S/C5H9N3O3S/c1-8-5(6-4-7-8)3-12(9,10)11-2/h4H,3H2,1-2H3. The van der Waals surface area contributed by atoms with E-state index in [1.165, 1.54) is 11.0 Å². The van der Waals surface area contributed by atoms with Crippen molar-refractivity contribution in [2.24, 2.45) is 7.05 Å². The Hall–Kier alpha value is -0.950. The molecule has 0 aliphatic rings. The Morgan fingerprint density at radius 3 is 2.75 bits per heavy atom. The van der Waals surface area contributed by atoms with E-state index in [9.17, 15) is 8.42 Å². The summed E-state index contributed by atoms with van der Waals surface area (Å²) < 4.78 is 27.5. The van der Waals surface area contributed by atoms with E-state index >= 15 is 0 Å². The largest absolute Gasteiger partial charge is 0.274 e. The van der Waals surface area contributed by atoms with Crippen LogP contribution in [0, 0.1) is 0 Å². The zero-order chi connectivity index (χ0) is 9.19. The molecule has 0 bridgehead atoms. The molecule has 0 fully saturated rings. The molecule has 6 nitrogen and oxygen atoms in total. The van der Waals surface area contributed by atoms with Gasteiger partial charge in [-0.3, -0.25) is 8.86 Å². The molecule has 1 rings (SSSR count). The van der Waals surface area contributed by atoms with Crippen molar-refractivity contribution in [1.29, 1.82) is 0 Å². The predicted molar refractivity (Wildman–Crippen MR) is 40.6 cm³/mol. The van der Waals surface area contributed by atoms with Gasteiger partial charge < -0.3 is 0 Å². The van der Waals surface area contributed by atoms with Crippen molar-refractivity contribution in [3.05, 3.63) is 12.2 Å². The summed E-state index contributed by atoms with van der Waals surface area (Å²) in [5, 5.41) is 3.72. The molecule has 0 atom stereocenters. The molecule has 0 unspecified atom stereocenters. The van der Waals surface area contributed by atoms with Crippen LogP contribution in [0.5, 0.6) is 0 Å². The topological polar surface area (TPSA) is 74.1 Å². The number of hydrogen-bond acceptors (Lipinski definition) is 5. The highest BCUT2D eigenvalue weighted by atomic mass is 32.2. The maximum atomic E-state index is 10.9. The quantitative estimate of drug-likeness (QED) is 0.590. The van der Waals surface area contributed by atoms with Gasteiger partial charge in [0.15, 0.2) is 0 Å². The van der Waals surface area contributed by atoms with E-state index in [-0.39, 0.29) is 5.75 Å². The molecular weight excluding hydrogens is 182 g/mol. The lowest BCUT2D eigenvalue weighted by Gasteiger charge is -1.99. The first-order chi connectivity index (χ1) is 5.55. The number of hydrogen-bond donors (Lipinski definition) is 0. The monoisotopic (exact) mass is 191 g/mol. The average molecular weight is 191 g/mol. The second-order valence-electron chi connectivity index (χ2n) is 2.17. The third kappa shape index (κ3) is 2.02. The number of aromatic nitrogens is 3. The van der Waals surface area contributed by atoms with Crippen LogP contribution in [0.15, 0.2) is 6.33 Å². The van der Waals surface area contributed by atoms with Gasteiger partial charge in [0.2, 0.25) is 0 Å². The summed E-state index contributed by atoms with van der Waals surface area (Å²) in [5.41, 5.74) is 0. The van der Waals surface area contributed by atoms with Crippen LogP contribution in [0.3, 0.4) is 0 Å². The maximum absolute atomic E-state index is 10.9. The van der Waals surface area contributed by atoms with E-state index in [0.29, 0.717) is 5.82 Å². The minimum absolute atomic E-state index is 0.250. The average Bonchev–Trinajstić information content (AvgIpc) is 2.36. The van der Waals surface area contributed by atoms with Crippen LogP contribution in [-0.2, 0) is 27.1 Å². The lowest BCUT2D eigenvalue weighted by Crippen LogP contribution is -2.10. The van der Waals surface area contributed by atoms with Crippen LogP contribution >= 0.6 is 0 Å². The van der Waals surface area contributed by atoms with Gasteiger partial charge in [-0.1, -0.05) is 0 Å². The zero-order valence-corrected chi connectivity index (χ0v) is 7.58. The first-order valence-electron chi connectivity index (χ1n) is 3.16. The Kier molecular flexibility index (Phi) is 2.43. The van der Waals surface area contributed by atoms with Crippen molar-refractivity contribution >= 4 is 10.1 Å². The fourth-order valence-electron chi connectivity index (χ4n) is 0.668. The molecule has 0 aliphatic carbocycles. The lowest BCUT2D eigenvalue weighted by atomic mass is 10.7. The van der Waals surface area contributed by atoms with Gasteiger partial charge in [-0.2, -0.15) is 13.5 Å². The van der Waals surface area contributed by atoms with Gasteiger partial charge in [-0.15, -0.1) is 0 Å². The molecule has 0 aliphatic heterocycles. The fourth-order valence-corrected chi connectivity index (χ4v) is 1.36. The van der Waals surface area contributed by atoms with Gasteiger partial charge >= 0.3 is 0 Å². The smallest absolute Gasteiger partial charge is 0.273 e. The van der Waals surface area contributed by atoms with E-state index in [1.54, 1.807) is 7.05 Å². The van der Waals surface area contributed by atoms with Gasteiger partial charge in [-0.05, 0) is 0 Å². The van der Waals surface area contributed by atoms with Gasteiger partial charge in [0.25, 0.3) is 10.1 Å². The molecule has 1 aromatic heterocycles. The van der Waals surface area contributed by atoms with Crippen LogP contribution in [0.2, 0.25) is 0 Å². The van der Waals surface area contributed by atoms with Gasteiger partial charge in [-0.25, -0.2) is 4.98 Å². The van der Waals surface area contributed by atoms with Crippen molar-refractivity contribution in [2.45, 2.75) is 5.75 Å². The summed E-state index contributed by atoms with van der Waals surface area (Å²) in [4.78, 5) is 3.74. The number of nitrogens with zero attached hydrogens (tertiary/aromatic N) is 3. The van der Waals surface area contributed by atoms with Crippen molar-refractivity contribution < 1.29 is 12.6 Å². The highest BCUT2D eigenvalue weighted by molar-refractivity contribution is 7.85. The highest BCUT2D eigenvalue weighted by Crippen LogP contribution is 2.01. The Labute approximate surface area is 70.3 Å². The van der Waals surface area contributed by atoms with Gasteiger partial charge in [0.05, 0.1) is 7.11 Å². The SMILES string of the molecule is COS(=O)(=O)Cc1ncnn1C. The Morgan fingerprint density at radius 2 is 2.33 bits per heavy atom. The minimum atomic E-state index is -3.49. The second kappa shape index (κ2) is 3.20. The molecule has 0 saturated carbocycles. The molecule has 0 saturated heterocycles. The molecule has 12 heavy (non-hydrogen) atoms.